The average Bonchev–Trinajstić information content (AvgIpc) is 2.89. The van der Waals surface area contributed by atoms with Gasteiger partial charge < -0.3 is 9.64 Å². The summed E-state index contributed by atoms with van der Waals surface area (Å²) in [5.74, 6) is 0.540. The predicted molar refractivity (Wildman–Crippen MR) is 118 cm³/mol. The van der Waals surface area contributed by atoms with Crippen LogP contribution in [0.3, 0.4) is 0 Å². The van der Waals surface area contributed by atoms with E-state index in [-0.39, 0.29) is 11.3 Å². The summed E-state index contributed by atoms with van der Waals surface area (Å²) in [6.45, 7) is 4.20. The third-order valence-electron chi connectivity index (χ3n) is 5.30. The second-order valence-corrected chi connectivity index (χ2v) is 8.66. The summed E-state index contributed by atoms with van der Waals surface area (Å²) in [5.41, 5.74) is 2.03. The van der Waals surface area contributed by atoms with E-state index in [1.807, 2.05) is 37.3 Å². The van der Waals surface area contributed by atoms with Gasteiger partial charge in [0.05, 0.1) is 12.0 Å². The van der Waals surface area contributed by atoms with Crippen LogP contribution in [-0.4, -0.2) is 35.6 Å². The molecule has 4 rings (SSSR count). The molecule has 29 heavy (non-hydrogen) atoms. The first-order valence-electron chi connectivity index (χ1n) is 10.1. The molecule has 2 aromatic heterocycles. The van der Waals surface area contributed by atoms with E-state index in [1.54, 1.807) is 0 Å². The monoisotopic (exact) mass is 429 g/mol. The molecular formula is C22H24ClN3O2S. The predicted octanol–water partition coefficient (Wildman–Crippen LogP) is 5.43. The van der Waals surface area contributed by atoms with Crippen molar-refractivity contribution in [1.29, 1.82) is 0 Å². The molecule has 1 aliphatic rings. The lowest BCUT2D eigenvalue weighted by Crippen LogP contribution is -2.25. The zero-order chi connectivity index (χ0) is 20.2. The third kappa shape index (κ3) is 4.54. The number of aromatic nitrogens is 2. The Hall–Kier alpha value is -2.18. The van der Waals surface area contributed by atoms with Crippen molar-refractivity contribution in [3.63, 3.8) is 0 Å². The van der Waals surface area contributed by atoms with Gasteiger partial charge in [0.25, 0.3) is 0 Å². The lowest BCUT2D eigenvalue weighted by molar-refractivity contribution is 0.0514. The SMILES string of the molecule is Cc1c(C(=O)OCCc2ccccc2)sc2nc(Cl)nc(N3CCCCCC3)c12. The minimum absolute atomic E-state index is 0.224. The summed E-state index contributed by atoms with van der Waals surface area (Å²) in [6, 6.07) is 10.0. The fraction of sp³-hybridized carbons (Fsp3) is 0.409. The molecule has 7 heteroatoms. The van der Waals surface area contributed by atoms with Gasteiger partial charge >= 0.3 is 5.97 Å². The van der Waals surface area contributed by atoms with Crippen molar-refractivity contribution in [2.24, 2.45) is 0 Å². The summed E-state index contributed by atoms with van der Waals surface area (Å²) in [5, 5.41) is 1.15. The van der Waals surface area contributed by atoms with Gasteiger partial charge in [-0.1, -0.05) is 43.2 Å². The van der Waals surface area contributed by atoms with Crippen LogP contribution in [0.4, 0.5) is 5.82 Å². The van der Waals surface area contributed by atoms with Gasteiger partial charge in [0, 0.05) is 19.5 Å². The van der Waals surface area contributed by atoms with Crippen LogP contribution in [0.15, 0.2) is 30.3 Å². The van der Waals surface area contributed by atoms with Gasteiger partial charge in [-0.2, -0.15) is 4.98 Å². The molecule has 0 atom stereocenters. The fourth-order valence-corrected chi connectivity index (χ4v) is 5.05. The van der Waals surface area contributed by atoms with Crippen molar-refractivity contribution in [2.75, 3.05) is 24.6 Å². The summed E-state index contributed by atoms with van der Waals surface area (Å²) >= 11 is 7.56. The molecule has 0 amide bonds. The Balaban J connectivity index is 1.58. The van der Waals surface area contributed by atoms with Gasteiger partial charge in [-0.05, 0) is 42.5 Å². The van der Waals surface area contributed by atoms with Gasteiger partial charge in [-0.3, -0.25) is 0 Å². The van der Waals surface area contributed by atoms with Crippen LogP contribution < -0.4 is 4.90 Å². The molecule has 1 fully saturated rings. The topological polar surface area (TPSA) is 55.3 Å². The number of carbonyl (C=O) groups excluding carboxylic acids is 1. The summed E-state index contributed by atoms with van der Waals surface area (Å²) in [6.07, 6.45) is 5.45. The standard InChI is InChI=1S/C22H24ClN3O2S/c1-15-17-19(26-12-7-2-3-8-13-26)24-22(23)25-20(17)29-18(15)21(27)28-14-11-16-9-5-4-6-10-16/h4-6,9-10H,2-3,7-8,11-14H2,1H3. The van der Waals surface area contributed by atoms with Gasteiger partial charge in [-0.15, -0.1) is 11.3 Å². The molecule has 0 spiro atoms. The molecule has 5 nitrogen and oxygen atoms in total. The Kier molecular flexibility index (Phi) is 6.31. The molecule has 1 saturated heterocycles. The van der Waals surface area contributed by atoms with Crippen LogP contribution in [0, 0.1) is 6.92 Å². The lowest BCUT2D eigenvalue weighted by Gasteiger charge is -2.22. The van der Waals surface area contributed by atoms with E-state index in [0.29, 0.717) is 17.9 Å². The number of fused-ring (bicyclic) bond motifs is 1. The minimum atomic E-state index is -0.306. The van der Waals surface area contributed by atoms with Crippen LogP contribution in [0.1, 0.15) is 46.5 Å². The number of anilines is 1. The van der Waals surface area contributed by atoms with Crippen LogP contribution >= 0.6 is 22.9 Å². The first-order chi connectivity index (χ1) is 14.1. The fourth-order valence-electron chi connectivity index (χ4n) is 3.77. The Bertz CT molecular complexity index is 998. The van der Waals surface area contributed by atoms with Gasteiger partial charge in [-0.25, -0.2) is 9.78 Å². The number of ether oxygens (including phenoxy) is 1. The Morgan fingerprint density at radius 2 is 1.86 bits per heavy atom. The summed E-state index contributed by atoms with van der Waals surface area (Å²) in [4.78, 5) is 25.3. The number of hydrogen-bond donors (Lipinski definition) is 0. The van der Waals surface area contributed by atoms with Gasteiger partial charge in [0.15, 0.2) is 0 Å². The smallest absolute Gasteiger partial charge is 0.348 e. The van der Waals surface area contributed by atoms with E-state index >= 15 is 0 Å². The number of thiophene rings is 1. The molecular weight excluding hydrogens is 406 g/mol. The van der Waals surface area contributed by atoms with Gasteiger partial charge in [0.1, 0.15) is 15.5 Å². The molecule has 0 bridgehead atoms. The van der Waals surface area contributed by atoms with E-state index < -0.39 is 0 Å². The quantitative estimate of drug-likeness (QED) is 0.399. The van der Waals surface area contributed by atoms with Crippen molar-refractivity contribution in [3.05, 3.63) is 51.6 Å². The largest absolute Gasteiger partial charge is 0.461 e. The number of carbonyl (C=O) groups is 1. The zero-order valence-corrected chi connectivity index (χ0v) is 18.1. The first kappa shape index (κ1) is 20.1. The third-order valence-corrected chi connectivity index (χ3v) is 6.64. The number of benzene rings is 1. The second-order valence-electron chi connectivity index (χ2n) is 7.33. The summed E-state index contributed by atoms with van der Waals surface area (Å²) < 4.78 is 5.55. The van der Waals surface area contributed by atoms with E-state index in [4.69, 9.17) is 16.3 Å². The Labute approximate surface area is 179 Å². The van der Waals surface area contributed by atoms with Gasteiger partial charge in [0.2, 0.25) is 5.28 Å². The molecule has 1 aromatic carbocycles. The molecule has 3 aromatic rings. The Morgan fingerprint density at radius 1 is 1.14 bits per heavy atom. The van der Waals surface area contributed by atoms with Crippen molar-refractivity contribution >= 4 is 44.9 Å². The average molecular weight is 430 g/mol. The molecule has 0 radical (unpaired) electrons. The number of rotatable bonds is 5. The highest BCUT2D eigenvalue weighted by Gasteiger charge is 2.24. The van der Waals surface area contributed by atoms with E-state index in [1.165, 1.54) is 24.2 Å². The molecule has 0 N–H and O–H groups in total. The van der Waals surface area contributed by atoms with Crippen LogP contribution in [0.2, 0.25) is 5.28 Å². The van der Waals surface area contributed by atoms with Crippen molar-refractivity contribution in [1.82, 2.24) is 9.97 Å². The molecule has 1 aliphatic heterocycles. The van der Waals surface area contributed by atoms with Crippen molar-refractivity contribution in [3.8, 4) is 0 Å². The first-order valence-corrected chi connectivity index (χ1v) is 11.3. The van der Waals surface area contributed by atoms with Crippen LogP contribution in [0.5, 0.6) is 0 Å². The molecule has 3 heterocycles. The highest BCUT2D eigenvalue weighted by Crippen LogP contribution is 2.37. The molecule has 152 valence electrons. The zero-order valence-electron chi connectivity index (χ0n) is 16.5. The molecule has 0 aliphatic carbocycles. The normalized spacial score (nSPS) is 14.8. The molecule has 0 saturated carbocycles. The lowest BCUT2D eigenvalue weighted by atomic mass is 10.1. The van der Waals surface area contributed by atoms with Crippen molar-refractivity contribution in [2.45, 2.75) is 39.0 Å². The molecule has 0 unspecified atom stereocenters. The van der Waals surface area contributed by atoms with Crippen LogP contribution in [-0.2, 0) is 11.2 Å². The number of aryl methyl sites for hydroxylation is 1. The van der Waals surface area contributed by atoms with E-state index in [9.17, 15) is 4.79 Å². The maximum Gasteiger partial charge on any atom is 0.348 e. The maximum absolute atomic E-state index is 12.7. The van der Waals surface area contributed by atoms with E-state index in [2.05, 4.69) is 14.9 Å². The van der Waals surface area contributed by atoms with E-state index in [0.717, 1.165) is 53.1 Å². The second kappa shape index (κ2) is 9.09. The van der Waals surface area contributed by atoms with Crippen molar-refractivity contribution < 1.29 is 9.53 Å². The maximum atomic E-state index is 12.7. The highest BCUT2D eigenvalue weighted by atomic mass is 35.5. The highest BCUT2D eigenvalue weighted by molar-refractivity contribution is 7.20. The minimum Gasteiger partial charge on any atom is -0.461 e. The summed E-state index contributed by atoms with van der Waals surface area (Å²) in [7, 11) is 0. The number of esters is 1. The number of nitrogens with zero attached hydrogens (tertiary/aromatic N) is 3. The Morgan fingerprint density at radius 3 is 2.59 bits per heavy atom. The number of hydrogen-bond acceptors (Lipinski definition) is 6. The number of halogens is 1. The van der Waals surface area contributed by atoms with Crippen LogP contribution in [0.25, 0.3) is 10.2 Å².